The van der Waals surface area contributed by atoms with Crippen LogP contribution in [0.2, 0.25) is 0 Å². The molecule has 0 saturated heterocycles. The van der Waals surface area contributed by atoms with Crippen LogP contribution in [0, 0.1) is 0 Å². The molecular weight excluding hydrogens is 228 g/mol. The highest BCUT2D eigenvalue weighted by atomic mass is 16.5. The van der Waals surface area contributed by atoms with Crippen molar-refractivity contribution >= 4 is 17.3 Å². The predicted octanol–water partition coefficient (Wildman–Crippen LogP) is 2.30. The summed E-state index contributed by atoms with van der Waals surface area (Å²) in [6, 6.07) is 12.6. The SMILES string of the molecule is COC(=O)c1cccc(-c2ccc(N)c(N)c2)c1. The van der Waals surface area contributed by atoms with Gasteiger partial charge in [0.05, 0.1) is 24.0 Å². The zero-order valence-corrected chi connectivity index (χ0v) is 10.0. The molecule has 0 spiro atoms. The fourth-order valence-electron chi connectivity index (χ4n) is 1.70. The fraction of sp³-hybridized carbons (Fsp3) is 0.0714. The molecule has 0 fully saturated rings. The lowest BCUT2D eigenvalue weighted by molar-refractivity contribution is 0.0601. The summed E-state index contributed by atoms with van der Waals surface area (Å²) in [5.41, 5.74) is 14.8. The fourth-order valence-corrected chi connectivity index (χ4v) is 1.70. The van der Waals surface area contributed by atoms with Crippen LogP contribution in [0.4, 0.5) is 11.4 Å². The van der Waals surface area contributed by atoms with E-state index in [2.05, 4.69) is 4.74 Å². The molecule has 0 aliphatic rings. The number of hydrogen-bond donors (Lipinski definition) is 2. The van der Waals surface area contributed by atoms with Gasteiger partial charge in [0.25, 0.3) is 0 Å². The minimum Gasteiger partial charge on any atom is -0.465 e. The maximum Gasteiger partial charge on any atom is 0.337 e. The number of nitrogen functional groups attached to an aromatic ring is 2. The van der Waals surface area contributed by atoms with E-state index in [9.17, 15) is 4.79 Å². The lowest BCUT2D eigenvalue weighted by atomic mass is 10.0. The summed E-state index contributed by atoms with van der Waals surface area (Å²) in [4.78, 5) is 11.5. The first kappa shape index (κ1) is 12.0. The number of ether oxygens (including phenoxy) is 1. The first-order valence-electron chi connectivity index (χ1n) is 5.45. The Bertz CT molecular complexity index is 594. The third kappa shape index (κ3) is 2.27. The van der Waals surface area contributed by atoms with Crippen LogP contribution in [0.5, 0.6) is 0 Å². The molecule has 4 nitrogen and oxygen atoms in total. The van der Waals surface area contributed by atoms with Crippen LogP contribution >= 0.6 is 0 Å². The monoisotopic (exact) mass is 242 g/mol. The van der Waals surface area contributed by atoms with Gasteiger partial charge in [-0.15, -0.1) is 0 Å². The predicted molar refractivity (Wildman–Crippen MR) is 72.0 cm³/mol. The summed E-state index contributed by atoms with van der Waals surface area (Å²) in [5, 5.41) is 0. The third-order valence-corrected chi connectivity index (χ3v) is 2.70. The maximum atomic E-state index is 11.5. The van der Waals surface area contributed by atoms with E-state index in [4.69, 9.17) is 11.5 Å². The lowest BCUT2D eigenvalue weighted by Crippen LogP contribution is -2.01. The average Bonchev–Trinajstić information content (AvgIpc) is 2.41. The van der Waals surface area contributed by atoms with E-state index in [1.54, 1.807) is 30.3 Å². The second-order valence-corrected chi connectivity index (χ2v) is 3.92. The van der Waals surface area contributed by atoms with Crippen LogP contribution in [0.15, 0.2) is 42.5 Å². The van der Waals surface area contributed by atoms with E-state index in [-0.39, 0.29) is 5.97 Å². The Morgan fingerprint density at radius 3 is 2.39 bits per heavy atom. The van der Waals surface area contributed by atoms with Gasteiger partial charge >= 0.3 is 5.97 Å². The number of benzene rings is 2. The van der Waals surface area contributed by atoms with E-state index < -0.39 is 0 Å². The topological polar surface area (TPSA) is 78.3 Å². The number of carbonyl (C=O) groups excluding carboxylic acids is 1. The molecule has 0 radical (unpaired) electrons. The van der Waals surface area contributed by atoms with E-state index in [1.165, 1.54) is 7.11 Å². The Balaban J connectivity index is 2.44. The van der Waals surface area contributed by atoms with Gasteiger partial charge in [-0.2, -0.15) is 0 Å². The van der Waals surface area contributed by atoms with Crippen molar-refractivity contribution in [2.75, 3.05) is 18.6 Å². The van der Waals surface area contributed by atoms with Gasteiger partial charge < -0.3 is 16.2 Å². The number of hydrogen-bond acceptors (Lipinski definition) is 4. The number of nitrogens with two attached hydrogens (primary N) is 2. The molecule has 0 aliphatic carbocycles. The molecule has 2 aromatic carbocycles. The summed E-state index contributed by atoms with van der Waals surface area (Å²) in [5.74, 6) is -0.361. The molecule has 2 aromatic rings. The Morgan fingerprint density at radius 2 is 1.72 bits per heavy atom. The molecule has 0 bridgehead atoms. The van der Waals surface area contributed by atoms with E-state index in [0.29, 0.717) is 16.9 Å². The molecule has 0 aromatic heterocycles. The Hall–Kier alpha value is -2.49. The quantitative estimate of drug-likeness (QED) is 0.625. The van der Waals surface area contributed by atoms with Crippen molar-refractivity contribution in [2.45, 2.75) is 0 Å². The summed E-state index contributed by atoms with van der Waals surface area (Å²) in [7, 11) is 1.36. The molecule has 0 unspecified atom stereocenters. The van der Waals surface area contributed by atoms with Gasteiger partial charge in [0, 0.05) is 0 Å². The number of rotatable bonds is 2. The molecule has 4 N–H and O–H groups in total. The van der Waals surface area contributed by atoms with Gasteiger partial charge in [0.15, 0.2) is 0 Å². The number of carbonyl (C=O) groups is 1. The molecule has 92 valence electrons. The highest BCUT2D eigenvalue weighted by Crippen LogP contribution is 2.25. The van der Waals surface area contributed by atoms with Crippen molar-refractivity contribution in [1.29, 1.82) is 0 Å². The zero-order valence-electron chi connectivity index (χ0n) is 10.0. The summed E-state index contributed by atoms with van der Waals surface area (Å²) in [6.07, 6.45) is 0. The van der Waals surface area contributed by atoms with Gasteiger partial charge in [-0.05, 0) is 35.4 Å². The molecule has 18 heavy (non-hydrogen) atoms. The molecule has 4 heteroatoms. The highest BCUT2D eigenvalue weighted by Gasteiger charge is 2.07. The molecule has 0 heterocycles. The minimum atomic E-state index is -0.361. The van der Waals surface area contributed by atoms with Gasteiger partial charge in [0.2, 0.25) is 0 Å². The minimum absolute atomic E-state index is 0.361. The first-order valence-corrected chi connectivity index (χ1v) is 5.45. The van der Waals surface area contributed by atoms with Crippen LogP contribution in [0.1, 0.15) is 10.4 Å². The zero-order chi connectivity index (χ0) is 13.1. The Morgan fingerprint density at radius 1 is 1.00 bits per heavy atom. The van der Waals surface area contributed by atoms with Crippen molar-refractivity contribution in [3.8, 4) is 11.1 Å². The Labute approximate surface area is 105 Å². The second-order valence-electron chi connectivity index (χ2n) is 3.92. The van der Waals surface area contributed by atoms with Crippen LogP contribution < -0.4 is 11.5 Å². The van der Waals surface area contributed by atoms with Crippen LogP contribution in [-0.2, 0) is 4.74 Å². The van der Waals surface area contributed by atoms with Crippen LogP contribution in [0.25, 0.3) is 11.1 Å². The summed E-state index contributed by atoms with van der Waals surface area (Å²) in [6.45, 7) is 0. The number of anilines is 2. The number of methoxy groups -OCH3 is 1. The number of esters is 1. The van der Waals surface area contributed by atoms with E-state index >= 15 is 0 Å². The average molecular weight is 242 g/mol. The second kappa shape index (κ2) is 4.79. The highest BCUT2D eigenvalue weighted by molar-refractivity contribution is 5.91. The van der Waals surface area contributed by atoms with Gasteiger partial charge in [-0.1, -0.05) is 18.2 Å². The van der Waals surface area contributed by atoms with Gasteiger partial charge in [-0.3, -0.25) is 0 Å². The van der Waals surface area contributed by atoms with Crippen molar-refractivity contribution in [1.82, 2.24) is 0 Å². The van der Waals surface area contributed by atoms with Gasteiger partial charge in [0.1, 0.15) is 0 Å². The van der Waals surface area contributed by atoms with Crippen molar-refractivity contribution < 1.29 is 9.53 Å². The first-order chi connectivity index (χ1) is 8.61. The molecule has 0 amide bonds. The van der Waals surface area contributed by atoms with E-state index in [0.717, 1.165) is 11.1 Å². The molecule has 0 saturated carbocycles. The molecular formula is C14H14N2O2. The van der Waals surface area contributed by atoms with Gasteiger partial charge in [-0.25, -0.2) is 4.79 Å². The molecule has 0 atom stereocenters. The third-order valence-electron chi connectivity index (χ3n) is 2.70. The molecule has 0 aliphatic heterocycles. The summed E-state index contributed by atoms with van der Waals surface area (Å²) >= 11 is 0. The maximum absolute atomic E-state index is 11.5. The van der Waals surface area contributed by atoms with Crippen molar-refractivity contribution in [3.63, 3.8) is 0 Å². The standard InChI is InChI=1S/C14H14N2O2/c1-18-14(17)11-4-2-3-9(7-11)10-5-6-12(15)13(16)8-10/h2-8H,15-16H2,1H3. The largest absolute Gasteiger partial charge is 0.465 e. The smallest absolute Gasteiger partial charge is 0.337 e. The lowest BCUT2D eigenvalue weighted by Gasteiger charge is -2.06. The Kier molecular flexibility index (Phi) is 3.19. The van der Waals surface area contributed by atoms with Crippen LogP contribution in [-0.4, -0.2) is 13.1 Å². The normalized spacial score (nSPS) is 10.1. The van der Waals surface area contributed by atoms with Crippen molar-refractivity contribution in [2.24, 2.45) is 0 Å². The van der Waals surface area contributed by atoms with Crippen molar-refractivity contribution in [3.05, 3.63) is 48.0 Å². The molecule has 2 rings (SSSR count). The van der Waals surface area contributed by atoms with E-state index in [1.807, 2.05) is 12.1 Å². The summed E-state index contributed by atoms with van der Waals surface area (Å²) < 4.78 is 4.69. The van der Waals surface area contributed by atoms with Crippen LogP contribution in [0.3, 0.4) is 0 Å².